The third-order valence-corrected chi connectivity index (χ3v) is 1.55. The van der Waals surface area contributed by atoms with Crippen molar-refractivity contribution in [1.29, 1.82) is 0 Å². The van der Waals surface area contributed by atoms with Crippen LogP contribution in [-0.4, -0.2) is 19.5 Å². The van der Waals surface area contributed by atoms with Crippen LogP contribution < -0.4 is 5.73 Å². The van der Waals surface area contributed by atoms with Crippen molar-refractivity contribution in [1.82, 2.24) is 14.6 Å². The third-order valence-electron chi connectivity index (χ3n) is 1.55. The van der Waals surface area contributed by atoms with Gasteiger partial charge in [0.1, 0.15) is 6.20 Å². The lowest BCUT2D eigenvalue weighted by Gasteiger charge is -1.91. The minimum Gasteiger partial charge on any atom is -0.381 e. The number of nitrogens with zero attached hydrogens (tertiary/aromatic N) is 4. The zero-order valence-electron chi connectivity index (χ0n) is 6.41. The largest absolute Gasteiger partial charge is 0.381 e. The van der Waals surface area contributed by atoms with E-state index in [1.54, 1.807) is 6.07 Å². The van der Waals surface area contributed by atoms with Crippen molar-refractivity contribution < 1.29 is 4.92 Å². The number of nitrogen functional groups attached to an aromatic ring is 1. The van der Waals surface area contributed by atoms with Crippen molar-refractivity contribution in [3.05, 3.63) is 28.4 Å². The summed E-state index contributed by atoms with van der Waals surface area (Å²) in [6, 6.07) is 3.10. The molecule has 2 rings (SSSR count). The third kappa shape index (κ3) is 1.06. The zero-order chi connectivity index (χ0) is 9.42. The first-order valence-corrected chi connectivity index (χ1v) is 3.43. The lowest BCUT2D eigenvalue weighted by Crippen LogP contribution is -2.00. The number of fused-ring (bicyclic) bond motifs is 1. The highest BCUT2D eigenvalue weighted by Crippen LogP contribution is 2.12. The van der Waals surface area contributed by atoms with E-state index in [9.17, 15) is 10.1 Å². The van der Waals surface area contributed by atoms with Gasteiger partial charge in [-0.15, -0.1) is 0 Å². The molecule has 0 saturated carbocycles. The summed E-state index contributed by atoms with van der Waals surface area (Å²) in [5.41, 5.74) is 5.77. The average molecular weight is 179 g/mol. The van der Waals surface area contributed by atoms with Crippen LogP contribution in [0.5, 0.6) is 0 Å². The zero-order valence-corrected chi connectivity index (χ0v) is 6.41. The molecule has 7 nitrogen and oxygen atoms in total. The van der Waals surface area contributed by atoms with E-state index in [2.05, 4.69) is 10.1 Å². The summed E-state index contributed by atoms with van der Waals surface area (Å²) >= 11 is 0. The van der Waals surface area contributed by atoms with Gasteiger partial charge in [0.2, 0.25) is 5.65 Å². The topological polar surface area (TPSA) is 99.3 Å². The van der Waals surface area contributed by atoms with Crippen LogP contribution in [0.25, 0.3) is 5.65 Å². The van der Waals surface area contributed by atoms with Crippen LogP contribution in [0, 0.1) is 10.1 Å². The number of nitro groups is 1. The van der Waals surface area contributed by atoms with Crippen LogP contribution in [0.4, 0.5) is 11.6 Å². The van der Waals surface area contributed by atoms with Crippen molar-refractivity contribution in [2.24, 2.45) is 0 Å². The Labute approximate surface area is 72.0 Å². The quantitative estimate of drug-likeness (QED) is 0.498. The molecule has 2 heterocycles. The molecule has 66 valence electrons. The van der Waals surface area contributed by atoms with Gasteiger partial charge < -0.3 is 15.8 Å². The molecule has 13 heavy (non-hydrogen) atoms. The molecule has 2 aromatic rings. The molecule has 0 unspecified atom stereocenters. The van der Waals surface area contributed by atoms with Crippen LogP contribution in [-0.2, 0) is 0 Å². The molecule has 0 radical (unpaired) electrons. The lowest BCUT2D eigenvalue weighted by molar-refractivity contribution is -0.391. The average Bonchev–Trinajstić information content (AvgIpc) is 2.46. The van der Waals surface area contributed by atoms with Crippen LogP contribution in [0.15, 0.2) is 18.3 Å². The van der Waals surface area contributed by atoms with Gasteiger partial charge in [-0.1, -0.05) is 9.61 Å². The molecule has 0 spiro atoms. The van der Waals surface area contributed by atoms with Gasteiger partial charge >= 0.3 is 5.82 Å². The summed E-state index contributed by atoms with van der Waals surface area (Å²) < 4.78 is 1.09. The number of imidazole rings is 1. The van der Waals surface area contributed by atoms with Crippen molar-refractivity contribution in [3.63, 3.8) is 0 Å². The summed E-state index contributed by atoms with van der Waals surface area (Å²) in [6.07, 6.45) is 1.14. The maximum Gasteiger partial charge on any atom is 0.368 e. The molecule has 0 aromatic carbocycles. The van der Waals surface area contributed by atoms with Crippen LogP contribution in [0.2, 0.25) is 0 Å². The summed E-state index contributed by atoms with van der Waals surface area (Å²) in [5, 5.41) is 14.2. The number of rotatable bonds is 1. The van der Waals surface area contributed by atoms with Gasteiger partial charge in [0.15, 0.2) is 5.82 Å². The maximum atomic E-state index is 10.5. The fraction of sp³-hybridized carbons (Fsp3) is 0. The van der Waals surface area contributed by atoms with E-state index < -0.39 is 4.92 Å². The van der Waals surface area contributed by atoms with Crippen molar-refractivity contribution in [2.45, 2.75) is 0 Å². The molecule has 0 fully saturated rings. The second-order valence-electron chi connectivity index (χ2n) is 2.40. The van der Waals surface area contributed by atoms with Crippen LogP contribution in [0.3, 0.4) is 0 Å². The number of hydrogen-bond acceptors (Lipinski definition) is 5. The Hall–Kier alpha value is -2.18. The molecule has 0 amide bonds. The van der Waals surface area contributed by atoms with E-state index in [-0.39, 0.29) is 11.6 Å². The molecule has 0 bridgehead atoms. The van der Waals surface area contributed by atoms with Gasteiger partial charge in [-0.05, 0) is 11.0 Å². The lowest BCUT2D eigenvalue weighted by atomic mass is 10.5. The van der Waals surface area contributed by atoms with E-state index in [1.165, 1.54) is 6.07 Å². The first kappa shape index (κ1) is 7.47. The summed E-state index contributed by atoms with van der Waals surface area (Å²) in [4.78, 5) is 13.7. The Kier molecular flexibility index (Phi) is 1.38. The molecular weight excluding hydrogens is 174 g/mol. The highest BCUT2D eigenvalue weighted by atomic mass is 16.6. The van der Waals surface area contributed by atoms with E-state index in [4.69, 9.17) is 5.73 Å². The fourth-order valence-electron chi connectivity index (χ4n) is 1.000. The van der Waals surface area contributed by atoms with Crippen LogP contribution in [0.1, 0.15) is 0 Å². The number of nitrogens with two attached hydrogens (primary N) is 1. The SMILES string of the molecule is Nc1ccc2ncc([N+](=O)[O-])n2n1. The minimum absolute atomic E-state index is 0.192. The molecular formula is C6H5N5O2. The predicted molar refractivity (Wildman–Crippen MR) is 44.1 cm³/mol. The van der Waals surface area contributed by atoms with E-state index in [0.29, 0.717) is 5.65 Å². The Morgan fingerprint density at radius 1 is 1.54 bits per heavy atom. The van der Waals surface area contributed by atoms with Crippen molar-refractivity contribution in [2.75, 3.05) is 5.73 Å². The maximum absolute atomic E-state index is 10.5. The van der Waals surface area contributed by atoms with Crippen LogP contribution >= 0.6 is 0 Å². The molecule has 7 heteroatoms. The van der Waals surface area contributed by atoms with Crippen molar-refractivity contribution >= 4 is 17.3 Å². The van der Waals surface area contributed by atoms with Gasteiger partial charge in [0.25, 0.3) is 0 Å². The van der Waals surface area contributed by atoms with Gasteiger partial charge in [-0.2, -0.15) is 0 Å². The monoisotopic (exact) mass is 179 g/mol. The standard InChI is InChI=1S/C6H5N5O2/c7-4-1-2-5-8-3-6(11(12)13)10(5)9-4/h1-3H,(H2,7,9). The smallest absolute Gasteiger partial charge is 0.368 e. The summed E-state index contributed by atoms with van der Waals surface area (Å²) in [6.45, 7) is 0. The van der Waals surface area contributed by atoms with Gasteiger partial charge in [-0.3, -0.25) is 0 Å². The Balaban J connectivity index is 2.79. The molecule has 2 N–H and O–H groups in total. The summed E-state index contributed by atoms with van der Waals surface area (Å²) in [7, 11) is 0. The molecule has 2 aromatic heterocycles. The Morgan fingerprint density at radius 3 is 3.00 bits per heavy atom. The number of hydrogen-bond donors (Lipinski definition) is 1. The molecule has 0 aliphatic carbocycles. The molecule has 0 atom stereocenters. The van der Waals surface area contributed by atoms with Gasteiger partial charge in [0.05, 0.1) is 0 Å². The van der Waals surface area contributed by atoms with E-state index in [1.807, 2.05) is 0 Å². The first-order chi connectivity index (χ1) is 6.18. The fourth-order valence-corrected chi connectivity index (χ4v) is 1.000. The Bertz CT molecular complexity index is 477. The summed E-state index contributed by atoms with van der Waals surface area (Å²) in [5.74, 6) is 0.0240. The normalized spacial score (nSPS) is 10.5. The number of aromatic nitrogens is 3. The highest BCUT2D eigenvalue weighted by Gasteiger charge is 2.14. The molecule has 0 saturated heterocycles. The minimum atomic E-state index is -0.563. The second-order valence-corrected chi connectivity index (χ2v) is 2.40. The van der Waals surface area contributed by atoms with Gasteiger partial charge in [-0.25, -0.2) is 4.98 Å². The van der Waals surface area contributed by atoms with Crippen molar-refractivity contribution in [3.8, 4) is 0 Å². The van der Waals surface area contributed by atoms with Gasteiger partial charge in [0, 0.05) is 6.07 Å². The first-order valence-electron chi connectivity index (χ1n) is 3.43. The molecule has 0 aliphatic rings. The number of anilines is 1. The predicted octanol–water partition coefficient (Wildman–Crippen LogP) is 0.220. The Morgan fingerprint density at radius 2 is 2.31 bits per heavy atom. The van der Waals surface area contributed by atoms with E-state index in [0.717, 1.165) is 10.7 Å². The second kappa shape index (κ2) is 2.41. The van der Waals surface area contributed by atoms with E-state index >= 15 is 0 Å². The highest BCUT2D eigenvalue weighted by molar-refractivity contribution is 5.46. The molecule has 0 aliphatic heterocycles.